The number of hydrogen-bond donors (Lipinski definition) is 1. The largest absolute Gasteiger partial charge is 0.455 e. The first-order valence-electron chi connectivity index (χ1n) is 8.85. The van der Waals surface area contributed by atoms with E-state index in [9.17, 15) is 18.0 Å². The molecule has 1 heterocycles. The number of rotatable bonds is 6. The van der Waals surface area contributed by atoms with Crippen molar-refractivity contribution in [2.75, 3.05) is 30.8 Å². The summed E-state index contributed by atoms with van der Waals surface area (Å²) in [6.45, 7) is 5.51. The van der Waals surface area contributed by atoms with E-state index >= 15 is 0 Å². The topological polar surface area (TPSA) is 92.8 Å². The van der Waals surface area contributed by atoms with Gasteiger partial charge in [0.05, 0.1) is 22.4 Å². The Morgan fingerprint density at radius 1 is 1.26 bits per heavy atom. The quantitative estimate of drug-likeness (QED) is 0.719. The van der Waals surface area contributed by atoms with E-state index < -0.39 is 34.4 Å². The Balaban J connectivity index is 1.83. The lowest BCUT2D eigenvalue weighted by atomic mass is 9.98. The molecule has 0 radical (unpaired) electrons. The highest BCUT2D eigenvalue weighted by Gasteiger charge is 2.31. The highest BCUT2D eigenvalue weighted by molar-refractivity contribution is 7.89. The van der Waals surface area contributed by atoms with Crippen molar-refractivity contribution >= 4 is 39.2 Å². The molecular weight excluding hydrogens is 392 g/mol. The molecule has 1 aromatic rings. The molecule has 0 unspecified atom stereocenters. The second-order valence-corrected chi connectivity index (χ2v) is 9.33. The van der Waals surface area contributed by atoms with E-state index in [1.807, 2.05) is 19.9 Å². The predicted molar refractivity (Wildman–Crippen MR) is 104 cm³/mol. The summed E-state index contributed by atoms with van der Waals surface area (Å²) < 4.78 is 30.2. The Hall–Kier alpha value is -1.64. The highest BCUT2D eigenvalue weighted by atomic mass is 35.5. The van der Waals surface area contributed by atoms with Crippen LogP contribution in [0.5, 0.6) is 0 Å². The van der Waals surface area contributed by atoms with Crippen molar-refractivity contribution in [3.8, 4) is 0 Å². The van der Waals surface area contributed by atoms with E-state index in [0.717, 1.165) is 11.1 Å². The van der Waals surface area contributed by atoms with Crippen LogP contribution >= 0.6 is 11.6 Å². The van der Waals surface area contributed by atoms with E-state index in [4.69, 9.17) is 16.3 Å². The SMILES string of the molecule is CCS(=O)(=O)N1CCC(C(=O)OCC(=O)Nc2c(C)cc(C)cc2Cl)CC1. The van der Waals surface area contributed by atoms with E-state index in [-0.39, 0.29) is 5.75 Å². The van der Waals surface area contributed by atoms with Crippen molar-refractivity contribution in [1.82, 2.24) is 4.31 Å². The number of hydrogen-bond acceptors (Lipinski definition) is 5. The molecule has 0 aliphatic carbocycles. The monoisotopic (exact) mass is 416 g/mol. The molecule has 0 atom stereocenters. The maximum atomic E-state index is 12.2. The number of anilines is 1. The second kappa shape index (κ2) is 9.03. The van der Waals surface area contributed by atoms with Gasteiger partial charge in [0.15, 0.2) is 6.61 Å². The minimum atomic E-state index is -3.24. The van der Waals surface area contributed by atoms with Gasteiger partial charge in [-0.05, 0) is 50.8 Å². The number of piperidine rings is 1. The molecule has 150 valence electrons. The van der Waals surface area contributed by atoms with Gasteiger partial charge in [0.1, 0.15) is 0 Å². The Bertz CT molecular complexity index is 794. The molecule has 1 aliphatic heterocycles. The number of nitrogens with one attached hydrogen (secondary N) is 1. The van der Waals surface area contributed by atoms with Crippen molar-refractivity contribution in [2.24, 2.45) is 5.92 Å². The summed E-state index contributed by atoms with van der Waals surface area (Å²) in [7, 11) is -3.24. The van der Waals surface area contributed by atoms with Crippen LogP contribution in [-0.2, 0) is 24.3 Å². The summed E-state index contributed by atoms with van der Waals surface area (Å²) in [5.74, 6) is -1.30. The van der Waals surface area contributed by atoms with Gasteiger partial charge in [0, 0.05) is 13.1 Å². The number of ether oxygens (including phenoxy) is 1. The smallest absolute Gasteiger partial charge is 0.309 e. The summed E-state index contributed by atoms with van der Waals surface area (Å²) in [5, 5.41) is 3.09. The van der Waals surface area contributed by atoms with Crippen LogP contribution in [0.25, 0.3) is 0 Å². The molecule has 1 amide bonds. The van der Waals surface area contributed by atoms with Crippen LogP contribution in [0, 0.1) is 19.8 Å². The van der Waals surface area contributed by atoms with Gasteiger partial charge >= 0.3 is 5.97 Å². The Morgan fingerprint density at radius 2 is 1.89 bits per heavy atom. The Labute approximate surface area is 165 Å². The van der Waals surface area contributed by atoms with Gasteiger partial charge in [-0.3, -0.25) is 9.59 Å². The van der Waals surface area contributed by atoms with Crippen LogP contribution in [0.2, 0.25) is 5.02 Å². The number of sulfonamides is 1. The van der Waals surface area contributed by atoms with Crippen LogP contribution in [0.4, 0.5) is 5.69 Å². The summed E-state index contributed by atoms with van der Waals surface area (Å²) in [6, 6.07) is 3.64. The summed E-state index contributed by atoms with van der Waals surface area (Å²) in [4.78, 5) is 24.2. The van der Waals surface area contributed by atoms with Crippen LogP contribution in [-0.4, -0.2) is 50.0 Å². The average molecular weight is 417 g/mol. The number of halogens is 1. The highest BCUT2D eigenvalue weighted by Crippen LogP contribution is 2.27. The van der Waals surface area contributed by atoms with Crippen molar-refractivity contribution in [3.05, 3.63) is 28.3 Å². The number of benzene rings is 1. The molecule has 1 fully saturated rings. The number of carbonyl (C=O) groups excluding carboxylic acids is 2. The Morgan fingerprint density at radius 3 is 2.44 bits per heavy atom. The first-order chi connectivity index (χ1) is 12.6. The Kier molecular flexibility index (Phi) is 7.25. The lowest BCUT2D eigenvalue weighted by Crippen LogP contribution is -2.41. The van der Waals surface area contributed by atoms with Crippen LogP contribution in [0.15, 0.2) is 12.1 Å². The third-order valence-corrected chi connectivity index (χ3v) is 6.77. The van der Waals surface area contributed by atoms with Gasteiger partial charge in [-0.1, -0.05) is 17.7 Å². The van der Waals surface area contributed by atoms with E-state index in [2.05, 4.69) is 5.32 Å². The molecule has 2 rings (SSSR count). The molecule has 0 bridgehead atoms. The van der Waals surface area contributed by atoms with Crippen molar-refractivity contribution in [1.29, 1.82) is 0 Å². The number of nitrogens with zero attached hydrogens (tertiary/aromatic N) is 1. The third-order valence-electron chi connectivity index (χ3n) is 4.59. The normalized spacial score (nSPS) is 16.1. The fourth-order valence-electron chi connectivity index (χ4n) is 3.06. The summed E-state index contributed by atoms with van der Waals surface area (Å²) in [6.07, 6.45) is 0.783. The van der Waals surface area contributed by atoms with E-state index in [0.29, 0.717) is 36.6 Å². The first-order valence-corrected chi connectivity index (χ1v) is 10.8. The molecule has 27 heavy (non-hydrogen) atoms. The zero-order valence-electron chi connectivity index (χ0n) is 15.7. The van der Waals surface area contributed by atoms with Gasteiger partial charge < -0.3 is 10.1 Å². The van der Waals surface area contributed by atoms with E-state index in [1.54, 1.807) is 13.0 Å². The summed E-state index contributed by atoms with van der Waals surface area (Å²) >= 11 is 6.15. The van der Waals surface area contributed by atoms with Gasteiger partial charge in [-0.25, -0.2) is 12.7 Å². The zero-order chi connectivity index (χ0) is 20.2. The molecule has 1 aromatic carbocycles. The minimum Gasteiger partial charge on any atom is -0.455 e. The lowest BCUT2D eigenvalue weighted by Gasteiger charge is -2.29. The average Bonchev–Trinajstić information content (AvgIpc) is 2.62. The number of aryl methyl sites for hydroxylation is 2. The van der Waals surface area contributed by atoms with Crippen LogP contribution < -0.4 is 5.32 Å². The van der Waals surface area contributed by atoms with Crippen molar-refractivity contribution in [2.45, 2.75) is 33.6 Å². The fraction of sp³-hybridized carbons (Fsp3) is 0.556. The molecule has 0 spiro atoms. The van der Waals surface area contributed by atoms with Gasteiger partial charge in [0.2, 0.25) is 10.0 Å². The van der Waals surface area contributed by atoms with Gasteiger partial charge in [0.25, 0.3) is 5.91 Å². The standard InChI is InChI=1S/C18H25ClN2O5S/c1-4-27(24,25)21-7-5-14(6-8-21)18(23)26-11-16(22)20-17-13(3)9-12(2)10-15(17)19/h9-10,14H,4-8,11H2,1-3H3,(H,20,22). The number of amides is 1. The molecular formula is C18H25ClN2O5S. The molecule has 7 nitrogen and oxygen atoms in total. The second-order valence-electron chi connectivity index (χ2n) is 6.67. The molecule has 0 saturated carbocycles. The minimum absolute atomic E-state index is 0.0449. The maximum Gasteiger partial charge on any atom is 0.309 e. The zero-order valence-corrected chi connectivity index (χ0v) is 17.3. The molecule has 0 aromatic heterocycles. The van der Waals surface area contributed by atoms with Crippen molar-refractivity contribution in [3.63, 3.8) is 0 Å². The number of carbonyl (C=O) groups is 2. The first kappa shape index (κ1) is 21.7. The maximum absolute atomic E-state index is 12.2. The molecule has 9 heteroatoms. The molecule has 1 saturated heterocycles. The molecule has 1 N–H and O–H groups in total. The fourth-order valence-corrected chi connectivity index (χ4v) is 4.56. The van der Waals surface area contributed by atoms with Crippen LogP contribution in [0.3, 0.4) is 0 Å². The van der Waals surface area contributed by atoms with Gasteiger partial charge in [-0.15, -0.1) is 0 Å². The lowest BCUT2D eigenvalue weighted by molar-refractivity contribution is -0.152. The third kappa shape index (κ3) is 5.67. The summed E-state index contributed by atoms with van der Waals surface area (Å²) in [5.41, 5.74) is 2.31. The van der Waals surface area contributed by atoms with E-state index in [1.165, 1.54) is 4.31 Å². The van der Waals surface area contributed by atoms with Crippen molar-refractivity contribution < 1.29 is 22.7 Å². The van der Waals surface area contributed by atoms with Gasteiger partial charge in [-0.2, -0.15) is 0 Å². The van der Waals surface area contributed by atoms with Crippen LogP contribution in [0.1, 0.15) is 30.9 Å². The molecule has 1 aliphatic rings. The number of esters is 1. The predicted octanol–water partition coefficient (Wildman–Crippen LogP) is 2.50.